The number of amides is 1. The zero-order chi connectivity index (χ0) is 19.1. The van der Waals surface area contributed by atoms with E-state index in [0.717, 1.165) is 44.2 Å². The molecule has 1 heterocycles. The minimum absolute atomic E-state index is 0.0691. The monoisotopic (exact) mass is 392 g/mol. The Bertz CT molecular complexity index is 782. The molecule has 0 atom stereocenters. The van der Waals surface area contributed by atoms with Crippen LogP contribution < -0.4 is 10.1 Å². The summed E-state index contributed by atoms with van der Waals surface area (Å²) in [6.07, 6.45) is 0. The summed E-state index contributed by atoms with van der Waals surface area (Å²) in [6.45, 7) is 5.09. The van der Waals surface area contributed by atoms with Crippen LogP contribution in [0.25, 0.3) is 0 Å². The fraction of sp³-hybridized carbons (Fsp3) is 0.350. The number of morpholine rings is 1. The molecule has 144 valence electrons. The van der Waals surface area contributed by atoms with Crippen LogP contribution in [0.1, 0.15) is 15.9 Å². The van der Waals surface area contributed by atoms with E-state index in [1.54, 1.807) is 0 Å². The summed E-state index contributed by atoms with van der Waals surface area (Å²) in [7, 11) is 0. The normalized spacial score (nSPS) is 14.7. The van der Waals surface area contributed by atoms with Crippen molar-refractivity contribution >= 4 is 17.5 Å². The number of carbonyl (C=O) groups is 1. The van der Waals surface area contributed by atoms with Crippen molar-refractivity contribution in [1.82, 2.24) is 10.2 Å². The Morgan fingerprint density at radius 2 is 2.04 bits per heavy atom. The minimum Gasteiger partial charge on any atom is -0.492 e. The van der Waals surface area contributed by atoms with Gasteiger partial charge in [-0.05, 0) is 35.9 Å². The fourth-order valence-corrected chi connectivity index (χ4v) is 2.98. The Balaban J connectivity index is 1.49. The van der Waals surface area contributed by atoms with Gasteiger partial charge in [0.15, 0.2) is 0 Å². The SMILES string of the molecule is O=C(NCc1cccc(OCCN2CCOCC2)c1)c1cc(Cl)ccc1F. The predicted octanol–water partition coefficient (Wildman–Crippen LogP) is 3.12. The van der Waals surface area contributed by atoms with Gasteiger partial charge in [-0.3, -0.25) is 9.69 Å². The molecule has 2 aromatic rings. The quantitative estimate of drug-likeness (QED) is 0.786. The van der Waals surface area contributed by atoms with E-state index in [4.69, 9.17) is 21.1 Å². The minimum atomic E-state index is -0.600. The molecule has 0 spiro atoms. The maximum atomic E-state index is 13.8. The third-order valence-electron chi connectivity index (χ3n) is 4.30. The van der Waals surface area contributed by atoms with Crippen LogP contribution in [-0.2, 0) is 11.3 Å². The van der Waals surface area contributed by atoms with Gasteiger partial charge < -0.3 is 14.8 Å². The van der Waals surface area contributed by atoms with Crippen LogP contribution in [0.4, 0.5) is 4.39 Å². The van der Waals surface area contributed by atoms with Gasteiger partial charge in [-0.1, -0.05) is 23.7 Å². The molecule has 5 nitrogen and oxygen atoms in total. The van der Waals surface area contributed by atoms with Gasteiger partial charge in [-0.25, -0.2) is 4.39 Å². The highest BCUT2D eigenvalue weighted by Crippen LogP contribution is 2.16. The molecular weight excluding hydrogens is 371 g/mol. The van der Waals surface area contributed by atoms with Crippen LogP contribution in [0.15, 0.2) is 42.5 Å². The molecule has 7 heteroatoms. The third kappa shape index (κ3) is 5.92. The second kappa shape index (κ2) is 9.69. The number of ether oxygens (including phenoxy) is 2. The standard InChI is InChI=1S/C20H22ClFN2O3/c21-16-4-5-19(22)18(13-16)20(25)23-14-15-2-1-3-17(12-15)27-11-8-24-6-9-26-10-7-24/h1-5,12-13H,6-11,14H2,(H,23,25). The molecule has 1 saturated heterocycles. The highest BCUT2D eigenvalue weighted by Gasteiger charge is 2.12. The highest BCUT2D eigenvalue weighted by molar-refractivity contribution is 6.31. The van der Waals surface area contributed by atoms with E-state index in [0.29, 0.717) is 11.6 Å². The van der Waals surface area contributed by atoms with Crippen molar-refractivity contribution < 1.29 is 18.7 Å². The largest absolute Gasteiger partial charge is 0.492 e. The van der Waals surface area contributed by atoms with Gasteiger partial charge >= 0.3 is 0 Å². The summed E-state index contributed by atoms with van der Waals surface area (Å²) < 4.78 is 24.9. The molecule has 1 amide bonds. The molecule has 0 aliphatic carbocycles. The Kier molecular flexibility index (Phi) is 7.04. The van der Waals surface area contributed by atoms with Gasteiger partial charge in [0.25, 0.3) is 5.91 Å². The summed E-state index contributed by atoms with van der Waals surface area (Å²) in [5, 5.41) is 3.02. The molecule has 0 saturated carbocycles. The Labute approximate surface area is 163 Å². The lowest BCUT2D eigenvalue weighted by molar-refractivity contribution is 0.0322. The average molecular weight is 393 g/mol. The molecule has 27 heavy (non-hydrogen) atoms. The average Bonchev–Trinajstić information content (AvgIpc) is 2.69. The molecule has 1 fully saturated rings. The summed E-state index contributed by atoms with van der Waals surface area (Å²) in [4.78, 5) is 14.5. The van der Waals surface area contributed by atoms with Gasteiger partial charge in [0.05, 0.1) is 18.8 Å². The first-order valence-electron chi connectivity index (χ1n) is 8.87. The van der Waals surface area contributed by atoms with Crippen LogP contribution in [0.5, 0.6) is 5.75 Å². The van der Waals surface area contributed by atoms with E-state index in [9.17, 15) is 9.18 Å². The summed E-state index contributed by atoms with van der Waals surface area (Å²) >= 11 is 5.83. The summed E-state index contributed by atoms with van der Waals surface area (Å²) in [5.41, 5.74) is 0.801. The van der Waals surface area contributed by atoms with Crippen molar-refractivity contribution in [2.75, 3.05) is 39.5 Å². The highest BCUT2D eigenvalue weighted by atomic mass is 35.5. The Morgan fingerprint density at radius 3 is 2.85 bits per heavy atom. The van der Waals surface area contributed by atoms with Gasteiger partial charge in [-0.2, -0.15) is 0 Å². The fourth-order valence-electron chi connectivity index (χ4n) is 2.81. The lowest BCUT2D eigenvalue weighted by atomic mass is 10.1. The first kappa shape index (κ1) is 19.6. The van der Waals surface area contributed by atoms with Crippen LogP contribution in [0, 0.1) is 5.82 Å². The second-order valence-corrected chi connectivity index (χ2v) is 6.69. The van der Waals surface area contributed by atoms with Gasteiger partial charge in [-0.15, -0.1) is 0 Å². The van der Waals surface area contributed by atoms with Crippen molar-refractivity contribution in [3.05, 3.63) is 64.4 Å². The molecule has 0 aromatic heterocycles. The van der Waals surface area contributed by atoms with E-state index in [1.165, 1.54) is 18.2 Å². The zero-order valence-corrected chi connectivity index (χ0v) is 15.7. The lowest BCUT2D eigenvalue weighted by Crippen LogP contribution is -2.38. The topological polar surface area (TPSA) is 50.8 Å². The van der Waals surface area contributed by atoms with E-state index in [-0.39, 0.29) is 12.1 Å². The van der Waals surface area contributed by atoms with Crippen LogP contribution in [0.2, 0.25) is 5.02 Å². The molecule has 3 rings (SSSR count). The predicted molar refractivity (Wildman–Crippen MR) is 102 cm³/mol. The molecule has 2 aromatic carbocycles. The van der Waals surface area contributed by atoms with Crippen LogP contribution in [-0.4, -0.2) is 50.3 Å². The summed E-state index contributed by atoms with van der Waals surface area (Å²) in [6, 6.07) is 11.4. The van der Waals surface area contributed by atoms with Crippen molar-refractivity contribution in [1.29, 1.82) is 0 Å². The van der Waals surface area contributed by atoms with Gasteiger partial charge in [0, 0.05) is 31.2 Å². The lowest BCUT2D eigenvalue weighted by Gasteiger charge is -2.26. The molecule has 0 bridgehead atoms. The van der Waals surface area contributed by atoms with Crippen molar-refractivity contribution in [3.8, 4) is 5.75 Å². The molecule has 1 aliphatic heterocycles. The maximum absolute atomic E-state index is 13.8. The number of halogens is 2. The molecule has 0 unspecified atom stereocenters. The number of hydrogen-bond acceptors (Lipinski definition) is 4. The number of hydrogen-bond donors (Lipinski definition) is 1. The van der Waals surface area contributed by atoms with E-state index >= 15 is 0 Å². The molecule has 1 N–H and O–H groups in total. The van der Waals surface area contributed by atoms with Crippen molar-refractivity contribution in [2.45, 2.75) is 6.54 Å². The maximum Gasteiger partial charge on any atom is 0.254 e. The number of benzene rings is 2. The number of nitrogens with zero attached hydrogens (tertiary/aromatic N) is 1. The van der Waals surface area contributed by atoms with Crippen molar-refractivity contribution in [3.63, 3.8) is 0 Å². The van der Waals surface area contributed by atoms with E-state index in [1.807, 2.05) is 24.3 Å². The zero-order valence-electron chi connectivity index (χ0n) is 14.9. The van der Waals surface area contributed by atoms with Gasteiger partial charge in [0.1, 0.15) is 18.2 Å². The number of nitrogens with one attached hydrogen (secondary N) is 1. The smallest absolute Gasteiger partial charge is 0.254 e. The Hall–Kier alpha value is -2.15. The van der Waals surface area contributed by atoms with Crippen LogP contribution >= 0.6 is 11.6 Å². The molecular formula is C20H22ClFN2O3. The van der Waals surface area contributed by atoms with E-state index < -0.39 is 11.7 Å². The van der Waals surface area contributed by atoms with Crippen molar-refractivity contribution in [2.24, 2.45) is 0 Å². The Morgan fingerprint density at radius 1 is 1.22 bits per heavy atom. The third-order valence-corrected chi connectivity index (χ3v) is 4.54. The summed E-state index contributed by atoms with van der Waals surface area (Å²) in [5.74, 6) is -0.366. The number of carbonyl (C=O) groups excluding carboxylic acids is 1. The second-order valence-electron chi connectivity index (χ2n) is 6.26. The molecule has 1 aliphatic rings. The van der Waals surface area contributed by atoms with Gasteiger partial charge in [0.2, 0.25) is 0 Å². The first-order chi connectivity index (χ1) is 13.1. The molecule has 0 radical (unpaired) electrons. The van der Waals surface area contributed by atoms with E-state index in [2.05, 4.69) is 10.2 Å². The number of rotatable bonds is 7. The first-order valence-corrected chi connectivity index (χ1v) is 9.25. The van der Waals surface area contributed by atoms with Crippen LogP contribution in [0.3, 0.4) is 0 Å².